The molecule has 0 radical (unpaired) electrons. The standard InChI is InChI=1S/C27H33NO4/c1-17(8-7-11-20-9-5-4-6-10-20)31-22-15-25-27(26(16-22)32-19(3)29)24-14-21(30)12-13-23(24)18(2)28-25/h4-6,9-10,15-18,23-24,28H,7-8,11-14H2,1-3H3/t17?,18-,23?,24?/m0/s1. The highest BCUT2D eigenvalue weighted by Gasteiger charge is 2.40. The molecule has 5 heteroatoms. The van der Waals surface area contributed by atoms with Crippen LogP contribution in [0.3, 0.4) is 0 Å². The van der Waals surface area contributed by atoms with Crippen molar-refractivity contribution in [1.29, 1.82) is 0 Å². The summed E-state index contributed by atoms with van der Waals surface area (Å²) in [6.45, 7) is 5.65. The summed E-state index contributed by atoms with van der Waals surface area (Å²) in [6.07, 6.45) is 5.03. The van der Waals surface area contributed by atoms with E-state index in [1.165, 1.54) is 12.5 Å². The number of fused-ring (bicyclic) bond motifs is 3. The van der Waals surface area contributed by atoms with Gasteiger partial charge < -0.3 is 14.8 Å². The van der Waals surface area contributed by atoms with E-state index in [1.54, 1.807) is 0 Å². The van der Waals surface area contributed by atoms with Gasteiger partial charge in [-0.05, 0) is 51.0 Å². The molecule has 5 nitrogen and oxygen atoms in total. The van der Waals surface area contributed by atoms with Crippen LogP contribution in [0, 0.1) is 5.92 Å². The molecule has 0 bridgehead atoms. The third-order valence-electron chi connectivity index (χ3n) is 6.74. The van der Waals surface area contributed by atoms with Crippen LogP contribution < -0.4 is 14.8 Å². The van der Waals surface area contributed by atoms with Crippen LogP contribution in [0.25, 0.3) is 0 Å². The van der Waals surface area contributed by atoms with Gasteiger partial charge in [0.1, 0.15) is 17.3 Å². The Kier molecular flexibility index (Phi) is 6.83. The first-order valence-electron chi connectivity index (χ1n) is 11.8. The Bertz CT molecular complexity index is 971. The van der Waals surface area contributed by atoms with Crippen molar-refractivity contribution >= 4 is 17.4 Å². The molecule has 2 aromatic carbocycles. The van der Waals surface area contributed by atoms with Crippen molar-refractivity contribution in [2.45, 2.75) is 77.4 Å². The van der Waals surface area contributed by atoms with Crippen LogP contribution in [-0.2, 0) is 16.0 Å². The lowest BCUT2D eigenvalue weighted by Crippen LogP contribution is -2.39. The van der Waals surface area contributed by atoms with Crippen molar-refractivity contribution in [3.8, 4) is 11.5 Å². The molecule has 170 valence electrons. The van der Waals surface area contributed by atoms with E-state index in [0.29, 0.717) is 30.3 Å². The topological polar surface area (TPSA) is 64.6 Å². The molecule has 0 amide bonds. The van der Waals surface area contributed by atoms with Gasteiger partial charge in [0.2, 0.25) is 0 Å². The van der Waals surface area contributed by atoms with E-state index in [0.717, 1.165) is 36.9 Å². The number of carbonyl (C=O) groups excluding carboxylic acids is 2. The molecule has 1 saturated carbocycles. The Balaban J connectivity index is 1.51. The highest BCUT2D eigenvalue weighted by molar-refractivity contribution is 5.82. The molecule has 1 aliphatic heterocycles. The minimum absolute atomic E-state index is 0.0342. The molecular formula is C27H33NO4. The number of nitrogens with one attached hydrogen (secondary N) is 1. The first-order valence-corrected chi connectivity index (χ1v) is 11.8. The van der Waals surface area contributed by atoms with E-state index in [4.69, 9.17) is 9.47 Å². The normalized spacial score (nSPS) is 22.8. The van der Waals surface area contributed by atoms with Gasteiger partial charge in [-0.3, -0.25) is 9.59 Å². The highest BCUT2D eigenvalue weighted by atomic mass is 16.5. The Morgan fingerprint density at radius 2 is 2.00 bits per heavy atom. The zero-order valence-corrected chi connectivity index (χ0v) is 19.2. The van der Waals surface area contributed by atoms with Gasteiger partial charge in [0.05, 0.1) is 6.10 Å². The number of esters is 1. The maximum Gasteiger partial charge on any atom is 0.308 e. The van der Waals surface area contributed by atoms with Crippen LogP contribution >= 0.6 is 0 Å². The number of rotatable bonds is 7. The van der Waals surface area contributed by atoms with Crippen LogP contribution in [0.5, 0.6) is 11.5 Å². The van der Waals surface area contributed by atoms with Gasteiger partial charge in [-0.15, -0.1) is 0 Å². The predicted octanol–water partition coefficient (Wildman–Crippen LogP) is 5.67. The second-order valence-corrected chi connectivity index (χ2v) is 9.27. The summed E-state index contributed by atoms with van der Waals surface area (Å²) in [5.74, 6) is 1.57. The maximum absolute atomic E-state index is 12.2. The third-order valence-corrected chi connectivity index (χ3v) is 6.74. The second kappa shape index (κ2) is 9.76. The smallest absolute Gasteiger partial charge is 0.308 e. The molecule has 1 fully saturated rings. The van der Waals surface area contributed by atoms with E-state index in [-0.39, 0.29) is 29.8 Å². The van der Waals surface area contributed by atoms with E-state index in [9.17, 15) is 9.59 Å². The quantitative estimate of drug-likeness (QED) is 0.448. The Morgan fingerprint density at radius 3 is 2.75 bits per heavy atom. The second-order valence-electron chi connectivity index (χ2n) is 9.27. The minimum Gasteiger partial charge on any atom is -0.491 e. The minimum atomic E-state index is -0.363. The molecule has 32 heavy (non-hydrogen) atoms. The summed E-state index contributed by atoms with van der Waals surface area (Å²) < 4.78 is 11.9. The average molecular weight is 436 g/mol. The molecule has 1 aliphatic carbocycles. The fourth-order valence-electron chi connectivity index (χ4n) is 5.23. The number of ketones is 1. The summed E-state index contributed by atoms with van der Waals surface area (Å²) in [4.78, 5) is 24.1. The molecule has 0 aromatic heterocycles. The lowest BCUT2D eigenvalue weighted by molar-refractivity contribution is -0.131. The zero-order chi connectivity index (χ0) is 22.7. The Morgan fingerprint density at radius 1 is 1.22 bits per heavy atom. The first-order chi connectivity index (χ1) is 15.4. The van der Waals surface area contributed by atoms with Crippen LogP contribution in [-0.4, -0.2) is 23.9 Å². The maximum atomic E-state index is 12.2. The van der Waals surface area contributed by atoms with E-state index in [1.807, 2.05) is 18.2 Å². The van der Waals surface area contributed by atoms with Gasteiger partial charge in [-0.1, -0.05) is 30.3 Å². The molecule has 1 N–H and O–H groups in total. The number of carbonyl (C=O) groups is 2. The highest BCUT2D eigenvalue weighted by Crippen LogP contribution is 2.50. The van der Waals surface area contributed by atoms with Crippen LogP contribution in [0.15, 0.2) is 42.5 Å². The van der Waals surface area contributed by atoms with Gasteiger partial charge in [0, 0.05) is 55.1 Å². The Hall–Kier alpha value is -2.82. The number of aryl methyl sites for hydroxylation is 1. The first kappa shape index (κ1) is 22.4. The zero-order valence-electron chi connectivity index (χ0n) is 19.2. The van der Waals surface area contributed by atoms with Crippen LogP contribution in [0.2, 0.25) is 0 Å². The summed E-state index contributed by atoms with van der Waals surface area (Å²) in [5, 5.41) is 3.58. The van der Waals surface area contributed by atoms with E-state index >= 15 is 0 Å². The fourth-order valence-corrected chi connectivity index (χ4v) is 5.23. The molecule has 3 unspecified atom stereocenters. The Labute approximate surface area is 190 Å². The SMILES string of the molecule is CC(=O)Oc1cc(OC(C)CCCc2ccccc2)cc2c1C1CC(=O)CCC1[C@H](C)N2. The number of benzene rings is 2. The average Bonchev–Trinajstić information content (AvgIpc) is 2.73. The largest absolute Gasteiger partial charge is 0.491 e. The summed E-state index contributed by atoms with van der Waals surface area (Å²) in [7, 11) is 0. The third kappa shape index (κ3) is 5.14. The summed E-state index contributed by atoms with van der Waals surface area (Å²) >= 11 is 0. The van der Waals surface area contributed by atoms with Crippen molar-refractivity contribution in [1.82, 2.24) is 0 Å². The van der Waals surface area contributed by atoms with Crippen molar-refractivity contribution < 1.29 is 19.1 Å². The molecular weight excluding hydrogens is 402 g/mol. The summed E-state index contributed by atoms with van der Waals surface area (Å²) in [6, 6.07) is 14.5. The van der Waals surface area contributed by atoms with E-state index < -0.39 is 0 Å². The molecule has 4 rings (SSSR count). The van der Waals surface area contributed by atoms with Gasteiger partial charge >= 0.3 is 5.97 Å². The van der Waals surface area contributed by atoms with Gasteiger partial charge in [-0.25, -0.2) is 0 Å². The van der Waals surface area contributed by atoms with E-state index in [2.05, 4.69) is 43.4 Å². The number of ether oxygens (including phenoxy) is 2. The lowest BCUT2D eigenvalue weighted by Gasteiger charge is -2.42. The van der Waals surface area contributed by atoms with Crippen molar-refractivity contribution in [2.24, 2.45) is 5.92 Å². The van der Waals surface area contributed by atoms with Gasteiger partial charge in [-0.2, -0.15) is 0 Å². The molecule has 0 saturated heterocycles. The summed E-state index contributed by atoms with van der Waals surface area (Å²) in [5.41, 5.74) is 3.19. The van der Waals surface area contributed by atoms with Gasteiger partial charge in [0.25, 0.3) is 0 Å². The fraction of sp³-hybridized carbons (Fsp3) is 0.481. The van der Waals surface area contributed by atoms with Crippen LogP contribution in [0.4, 0.5) is 5.69 Å². The number of Topliss-reactive ketones (excluding diaryl/α,β-unsaturated/α-hetero) is 1. The molecule has 1 heterocycles. The lowest BCUT2D eigenvalue weighted by atomic mass is 9.69. The van der Waals surface area contributed by atoms with Crippen LogP contribution in [0.1, 0.15) is 69.9 Å². The predicted molar refractivity (Wildman–Crippen MR) is 125 cm³/mol. The van der Waals surface area contributed by atoms with Gasteiger partial charge in [0.15, 0.2) is 0 Å². The van der Waals surface area contributed by atoms with Crippen molar-refractivity contribution in [3.05, 3.63) is 53.6 Å². The monoisotopic (exact) mass is 435 g/mol. The molecule has 2 aromatic rings. The molecule has 4 atom stereocenters. The van der Waals surface area contributed by atoms with Crippen molar-refractivity contribution in [3.63, 3.8) is 0 Å². The number of hydrogen-bond acceptors (Lipinski definition) is 5. The van der Waals surface area contributed by atoms with Crippen molar-refractivity contribution in [2.75, 3.05) is 5.32 Å². The molecule has 0 spiro atoms. The number of anilines is 1. The number of hydrogen-bond donors (Lipinski definition) is 1. The molecule has 2 aliphatic rings.